The van der Waals surface area contributed by atoms with E-state index in [2.05, 4.69) is 4.98 Å². The van der Waals surface area contributed by atoms with Gasteiger partial charge in [0.15, 0.2) is 0 Å². The second-order valence-corrected chi connectivity index (χ2v) is 8.17. The smallest absolute Gasteiger partial charge is 0.306 e. The van der Waals surface area contributed by atoms with Crippen LogP contribution in [0.1, 0.15) is 31.0 Å². The first kappa shape index (κ1) is 20.1. The largest absolute Gasteiger partial charge is 0.459 e. The van der Waals surface area contributed by atoms with Gasteiger partial charge >= 0.3 is 5.97 Å². The summed E-state index contributed by atoms with van der Waals surface area (Å²) in [6, 6.07) is 8.01. The molecule has 0 unspecified atom stereocenters. The molecule has 2 aromatic rings. The summed E-state index contributed by atoms with van der Waals surface area (Å²) in [5.41, 5.74) is 2.81. The van der Waals surface area contributed by atoms with Crippen molar-refractivity contribution in [3.8, 4) is 10.6 Å². The molecule has 3 rings (SSSR count). The lowest BCUT2D eigenvalue weighted by molar-refractivity contribution is -0.490. The zero-order chi connectivity index (χ0) is 20.3. The predicted octanol–water partition coefficient (Wildman–Crippen LogP) is 3.67. The SMILES string of the molecule is Cc1ccc(-c2nc(COC(=O)C[C@@H]3C(=O)C[C@@H](C)[C@@H]3C[N+](=O)[O-])cs2)cc1. The molecule has 0 N–H and O–H groups in total. The molecule has 0 radical (unpaired) electrons. The van der Waals surface area contributed by atoms with Crippen LogP contribution < -0.4 is 0 Å². The molecule has 0 amide bonds. The number of esters is 1. The number of ether oxygens (including phenoxy) is 1. The molecule has 1 aliphatic carbocycles. The molecule has 8 heteroatoms. The number of nitrogens with zero attached hydrogens (tertiary/aromatic N) is 2. The monoisotopic (exact) mass is 402 g/mol. The van der Waals surface area contributed by atoms with E-state index in [1.54, 1.807) is 0 Å². The highest BCUT2D eigenvalue weighted by Crippen LogP contribution is 2.36. The maximum absolute atomic E-state index is 12.2. The Kier molecular flexibility index (Phi) is 6.18. The number of hydrogen-bond acceptors (Lipinski definition) is 7. The Morgan fingerprint density at radius 2 is 2.07 bits per heavy atom. The molecule has 7 nitrogen and oxygen atoms in total. The van der Waals surface area contributed by atoms with Crippen LogP contribution in [0.5, 0.6) is 0 Å². The normalized spacial score (nSPS) is 21.6. The van der Waals surface area contributed by atoms with E-state index in [-0.39, 0.29) is 37.7 Å². The number of hydrogen-bond donors (Lipinski definition) is 0. The molecule has 1 heterocycles. The van der Waals surface area contributed by atoms with Crippen LogP contribution in [0.25, 0.3) is 10.6 Å². The average molecular weight is 402 g/mol. The van der Waals surface area contributed by atoms with Gasteiger partial charge in [0, 0.05) is 34.1 Å². The summed E-state index contributed by atoms with van der Waals surface area (Å²) in [5.74, 6) is -1.75. The van der Waals surface area contributed by atoms with Crippen LogP contribution in [-0.4, -0.2) is 28.2 Å². The van der Waals surface area contributed by atoms with Crippen molar-refractivity contribution in [1.82, 2.24) is 4.98 Å². The van der Waals surface area contributed by atoms with E-state index in [0.29, 0.717) is 5.69 Å². The van der Waals surface area contributed by atoms with Crippen molar-refractivity contribution in [2.24, 2.45) is 17.8 Å². The van der Waals surface area contributed by atoms with Gasteiger partial charge in [-0.25, -0.2) is 4.98 Å². The van der Waals surface area contributed by atoms with Gasteiger partial charge in [-0.3, -0.25) is 19.7 Å². The van der Waals surface area contributed by atoms with E-state index in [1.165, 1.54) is 16.9 Å². The molecule has 1 aliphatic rings. The standard InChI is InChI=1S/C20H22N2O5S/c1-12-3-5-14(6-4-12)20-21-15(11-28-20)10-27-19(24)8-16-17(9-22(25)26)13(2)7-18(16)23/h3-6,11,13,16-17H,7-10H2,1-2H3/t13-,16+,17+/m1/s1. The lowest BCUT2D eigenvalue weighted by atomic mass is 9.88. The Balaban J connectivity index is 1.56. The number of rotatable bonds is 7. The van der Waals surface area contributed by atoms with Crippen LogP contribution in [0.15, 0.2) is 29.6 Å². The van der Waals surface area contributed by atoms with Crippen molar-refractivity contribution in [1.29, 1.82) is 0 Å². The minimum absolute atomic E-state index is 0.0254. The maximum atomic E-state index is 12.2. The van der Waals surface area contributed by atoms with Gasteiger partial charge in [-0.1, -0.05) is 36.8 Å². The minimum Gasteiger partial charge on any atom is -0.459 e. The molecule has 1 saturated carbocycles. The van der Waals surface area contributed by atoms with Gasteiger partial charge < -0.3 is 4.74 Å². The first-order valence-corrected chi connectivity index (χ1v) is 10.0. The van der Waals surface area contributed by atoms with Gasteiger partial charge in [-0.15, -0.1) is 11.3 Å². The fourth-order valence-electron chi connectivity index (χ4n) is 3.59. The number of nitro groups is 1. The maximum Gasteiger partial charge on any atom is 0.306 e. The third-order valence-electron chi connectivity index (χ3n) is 5.16. The Morgan fingerprint density at radius 3 is 2.75 bits per heavy atom. The molecular formula is C20H22N2O5S. The molecule has 0 saturated heterocycles. The number of ketones is 1. The Bertz CT molecular complexity index is 877. The summed E-state index contributed by atoms with van der Waals surface area (Å²) < 4.78 is 5.28. The number of aromatic nitrogens is 1. The van der Waals surface area contributed by atoms with Crippen molar-refractivity contribution in [3.05, 3.63) is 51.0 Å². The molecule has 0 spiro atoms. The molecule has 0 bridgehead atoms. The molecule has 1 aromatic heterocycles. The number of Topliss-reactive ketones (excluding diaryl/α,β-unsaturated/α-hetero) is 1. The van der Waals surface area contributed by atoms with E-state index in [1.807, 2.05) is 43.5 Å². The Hall–Kier alpha value is -2.61. The van der Waals surface area contributed by atoms with Crippen molar-refractivity contribution in [2.75, 3.05) is 6.54 Å². The molecule has 1 aromatic carbocycles. The second-order valence-electron chi connectivity index (χ2n) is 7.31. The Labute approximate surface area is 166 Å². The summed E-state index contributed by atoms with van der Waals surface area (Å²) in [7, 11) is 0. The van der Waals surface area contributed by atoms with Gasteiger partial charge in [-0.05, 0) is 12.8 Å². The highest BCUT2D eigenvalue weighted by atomic mass is 32.1. The van der Waals surface area contributed by atoms with Crippen LogP contribution >= 0.6 is 11.3 Å². The van der Waals surface area contributed by atoms with Crippen LogP contribution in [0.2, 0.25) is 0 Å². The van der Waals surface area contributed by atoms with Gasteiger partial charge in [0.2, 0.25) is 6.54 Å². The highest BCUT2D eigenvalue weighted by molar-refractivity contribution is 7.13. The van der Waals surface area contributed by atoms with Crippen LogP contribution in [0.4, 0.5) is 0 Å². The van der Waals surface area contributed by atoms with Gasteiger partial charge in [0.05, 0.1) is 12.1 Å². The molecule has 1 fully saturated rings. The van der Waals surface area contributed by atoms with Crippen molar-refractivity contribution < 1.29 is 19.2 Å². The first-order chi connectivity index (χ1) is 13.3. The molecule has 3 atom stereocenters. The van der Waals surface area contributed by atoms with E-state index >= 15 is 0 Å². The number of thiazole rings is 1. The average Bonchev–Trinajstić information content (AvgIpc) is 3.20. The van der Waals surface area contributed by atoms with Gasteiger partial charge in [0.25, 0.3) is 0 Å². The summed E-state index contributed by atoms with van der Waals surface area (Å²) in [6.45, 7) is 3.57. The topological polar surface area (TPSA) is 99.4 Å². The summed E-state index contributed by atoms with van der Waals surface area (Å²) in [6.07, 6.45) is 0.166. The second kappa shape index (κ2) is 8.60. The van der Waals surface area contributed by atoms with Gasteiger partial charge in [0.1, 0.15) is 17.4 Å². The molecule has 28 heavy (non-hydrogen) atoms. The molecular weight excluding hydrogens is 380 g/mol. The van der Waals surface area contributed by atoms with E-state index in [9.17, 15) is 19.7 Å². The Morgan fingerprint density at radius 1 is 1.36 bits per heavy atom. The molecule has 0 aliphatic heterocycles. The van der Waals surface area contributed by atoms with Gasteiger partial charge in [-0.2, -0.15) is 0 Å². The summed E-state index contributed by atoms with van der Waals surface area (Å²) in [4.78, 5) is 39.3. The van der Waals surface area contributed by atoms with Crippen LogP contribution in [0.3, 0.4) is 0 Å². The zero-order valence-corrected chi connectivity index (χ0v) is 16.6. The van der Waals surface area contributed by atoms with Crippen LogP contribution in [0, 0.1) is 34.8 Å². The number of benzene rings is 1. The lowest BCUT2D eigenvalue weighted by Gasteiger charge is -2.16. The number of aryl methyl sites for hydroxylation is 1. The third-order valence-corrected chi connectivity index (χ3v) is 6.10. The minimum atomic E-state index is -0.633. The van der Waals surface area contributed by atoms with Crippen LogP contribution in [-0.2, 0) is 20.9 Å². The van der Waals surface area contributed by atoms with Crippen molar-refractivity contribution in [3.63, 3.8) is 0 Å². The fourth-order valence-corrected chi connectivity index (χ4v) is 4.41. The lowest BCUT2D eigenvalue weighted by Crippen LogP contribution is -2.27. The summed E-state index contributed by atoms with van der Waals surface area (Å²) >= 11 is 1.47. The van der Waals surface area contributed by atoms with E-state index in [4.69, 9.17) is 4.74 Å². The zero-order valence-electron chi connectivity index (χ0n) is 15.8. The number of carbonyl (C=O) groups excluding carboxylic acids is 2. The van der Waals surface area contributed by atoms with E-state index < -0.39 is 22.7 Å². The fraction of sp³-hybridized carbons (Fsp3) is 0.450. The quantitative estimate of drug-likeness (QED) is 0.398. The summed E-state index contributed by atoms with van der Waals surface area (Å²) in [5, 5.41) is 13.5. The first-order valence-electron chi connectivity index (χ1n) is 9.15. The third kappa shape index (κ3) is 4.81. The number of carbonyl (C=O) groups is 2. The van der Waals surface area contributed by atoms with E-state index in [0.717, 1.165) is 10.6 Å². The predicted molar refractivity (Wildman–Crippen MR) is 104 cm³/mol. The van der Waals surface area contributed by atoms with Crippen molar-refractivity contribution in [2.45, 2.75) is 33.3 Å². The highest BCUT2D eigenvalue weighted by Gasteiger charge is 2.44. The van der Waals surface area contributed by atoms with Crippen molar-refractivity contribution >= 4 is 23.1 Å². The molecule has 148 valence electrons.